The molecule has 2 fully saturated rings. The Labute approximate surface area is 248 Å². The van der Waals surface area contributed by atoms with Gasteiger partial charge in [0.1, 0.15) is 22.8 Å². The monoisotopic (exact) mass is 586 g/mol. The van der Waals surface area contributed by atoms with Crippen molar-refractivity contribution in [3.63, 3.8) is 0 Å². The van der Waals surface area contributed by atoms with Gasteiger partial charge in [-0.15, -0.1) is 0 Å². The molecule has 10 heteroatoms. The molecule has 2 aliphatic heterocycles. The number of fused-ring (bicyclic) bond motifs is 4. The number of Topliss-reactive ketones (excluding diaryl/α,β-unsaturated/α-hetero) is 2. The van der Waals surface area contributed by atoms with E-state index in [-0.39, 0.29) is 35.9 Å². The van der Waals surface area contributed by atoms with Crippen molar-refractivity contribution in [1.82, 2.24) is 4.90 Å². The zero-order valence-corrected chi connectivity index (χ0v) is 23.9. The number of nitrogens with zero attached hydrogens (tertiary/aromatic N) is 1. The third-order valence-electron chi connectivity index (χ3n) is 9.93. The minimum absolute atomic E-state index is 0.0935. The highest BCUT2D eigenvalue weighted by Crippen LogP contribution is 2.52. The highest BCUT2D eigenvalue weighted by atomic mass is 16.7. The number of nitrogens with two attached hydrogens (primary N) is 1. The molecule has 0 aromatic heterocycles. The Kier molecular flexibility index (Phi) is 6.50. The fourth-order valence-corrected chi connectivity index (χ4v) is 7.72. The number of hydrogen-bond acceptors (Lipinski definition) is 9. The Morgan fingerprint density at radius 2 is 1.74 bits per heavy atom. The summed E-state index contributed by atoms with van der Waals surface area (Å²) in [6.45, 7) is 5.07. The van der Waals surface area contributed by atoms with Gasteiger partial charge in [-0.2, -0.15) is 0 Å². The van der Waals surface area contributed by atoms with Crippen molar-refractivity contribution in [3.05, 3.63) is 57.9 Å². The Morgan fingerprint density at radius 1 is 1.02 bits per heavy atom. The zero-order chi connectivity index (χ0) is 30.2. The minimum Gasteiger partial charge on any atom is -0.511 e. The summed E-state index contributed by atoms with van der Waals surface area (Å²) in [5, 5.41) is 33.4. The molecule has 2 heterocycles. The second-order valence-corrected chi connectivity index (χ2v) is 12.6. The van der Waals surface area contributed by atoms with Gasteiger partial charge < -0.3 is 30.5 Å². The second-order valence-electron chi connectivity index (χ2n) is 12.6. The van der Waals surface area contributed by atoms with Crippen LogP contribution in [-0.2, 0) is 27.3 Å². The highest BCUT2D eigenvalue weighted by Gasteiger charge is 2.51. The van der Waals surface area contributed by atoms with Gasteiger partial charge in [0.2, 0.25) is 6.79 Å². The zero-order valence-electron chi connectivity index (χ0n) is 23.9. The van der Waals surface area contributed by atoms with E-state index in [0.717, 1.165) is 42.6 Å². The van der Waals surface area contributed by atoms with Gasteiger partial charge in [0.25, 0.3) is 5.91 Å². The van der Waals surface area contributed by atoms with E-state index in [9.17, 15) is 29.7 Å². The Hall–Kier alpha value is -4.31. The molecule has 0 radical (unpaired) electrons. The lowest BCUT2D eigenvalue weighted by molar-refractivity contribution is -0.127. The fraction of sp³-hybridized carbons (Fsp3) is 0.424. The number of primary amides is 1. The van der Waals surface area contributed by atoms with Crippen molar-refractivity contribution in [2.45, 2.75) is 45.6 Å². The average molecular weight is 587 g/mol. The first-order valence-corrected chi connectivity index (χ1v) is 14.9. The number of piperidine rings is 1. The standard InChI is InChI=1S/C33H34N2O8/c1-15-4-6-35(7-5-15)13-18-11-24-25(43-14-42-24)12-20(18)19-2-3-22(36)28-21(19)9-16-8-17-10-23(37)29(33(34)41)32(40)27(17)30(38)26(16)31(28)39/h2-3,11-12,15-17,27,36,39-40H,4-10,13-14H2,1H3,(H2,34,41). The number of ketones is 2. The Bertz CT molecular complexity index is 1650. The lowest BCUT2D eigenvalue weighted by atomic mass is 9.61. The number of rotatable bonds is 4. The summed E-state index contributed by atoms with van der Waals surface area (Å²) in [7, 11) is 0. The summed E-state index contributed by atoms with van der Waals surface area (Å²) in [6.07, 6.45) is 2.84. The Morgan fingerprint density at radius 3 is 2.47 bits per heavy atom. The minimum atomic E-state index is -1.15. The molecule has 3 unspecified atom stereocenters. The number of hydrogen-bond donors (Lipinski definition) is 4. The summed E-state index contributed by atoms with van der Waals surface area (Å²) in [5.41, 5.74) is 8.50. The molecule has 10 nitrogen and oxygen atoms in total. The van der Waals surface area contributed by atoms with Gasteiger partial charge in [-0.05, 0) is 97.0 Å². The smallest absolute Gasteiger partial charge is 0.255 e. The summed E-state index contributed by atoms with van der Waals surface area (Å²) in [4.78, 5) is 40.8. The highest BCUT2D eigenvalue weighted by molar-refractivity contribution is 6.21. The molecule has 0 spiro atoms. The number of likely N-dealkylation sites (tertiary alicyclic amines) is 1. The van der Waals surface area contributed by atoms with E-state index < -0.39 is 46.6 Å². The van der Waals surface area contributed by atoms with Gasteiger partial charge >= 0.3 is 0 Å². The van der Waals surface area contributed by atoms with Crippen LogP contribution in [0.15, 0.2) is 41.2 Å². The van der Waals surface area contributed by atoms with Gasteiger partial charge in [0.15, 0.2) is 23.1 Å². The normalized spacial score (nSPS) is 25.5. The molecule has 1 amide bonds. The van der Waals surface area contributed by atoms with Gasteiger partial charge in [-0.25, -0.2) is 0 Å². The third kappa shape index (κ3) is 4.38. The first-order chi connectivity index (χ1) is 20.6. The van der Waals surface area contributed by atoms with Crippen molar-refractivity contribution in [2.24, 2.45) is 29.4 Å². The molecule has 2 aromatic rings. The van der Waals surface area contributed by atoms with Crippen LogP contribution in [0.5, 0.6) is 17.2 Å². The number of benzene rings is 2. The molecule has 0 bridgehead atoms. The average Bonchev–Trinajstić information content (AvgIpc) is 3.41. The van der Waals surface area contributed by atoms with E-state index in [4.69, 9.17) is 15.2 Å². The van der Waals surface area contributed by atoms with Gasteiger partial charge in [-0.1, -0.05) is 13.0 Å². The Balaban J connectivity index is 1.34. The van der Waals surface area contributed by atoms with E-state index in [1.54, 1.807) is 0 Å². The van der Waals surface area contributed by atoms with Crippen molar-refractivity contribution in [2.75, 3.05) is 19.9 Å². The maximum Gasteiger partial charge on any atom is 0.255 e. The van der Waals surface area contributed by atoms with Crippen molar-refractivity contribution >= 4 is 23.2 Å². The van der Waals surface area contributed by atoms with Crippen LogP contribution in [0.25, 0.3) is 16.9 Å². The maximum atomic E-state index is 13.8. The van der Waals surface area contributed by atoms with Crippen LogP contribution in [0.4, 0.5) is 0 Å². The van der Waals surface area contributed by atoms with Crippen molar-refractivity contribution < 1.29 is 39.2 Å². The van der Waals surface area contributed by atoms with Crippen LogP contribution in [0.3, 0.4) is 0 Å². The number of carbonyl (C=O) groups excluding carboxylic acids is 3. The molecule has 1 saturated carbocycles. The maximum absolute atomic E-state index is 13.8. The predicted octanol–water partition coefficient (Wildman–Crippen LogP) is 3.94. The van der Waals surface area contributed by atoms with Crippen molar-refractivity contribution in [3.8, 4) is 28.4 Å². The number of carbonyl (C=O) groups is 3. The van der Waals surface area contributed by atoms with Crippen LogP contribution >= 0.6 is 0 Å². The second kappa shape index (κ2) is 10.2. The van der Waals surface area contributed by atoms with Gasteiger partial charge in [0, 0.05) is 18.5 Å². The predicted molar refractivity (Wildman–Crippen MR) is 155 cm³/mol. The first-order valence-electron chi connectivity index (χ1n) is 14.9. The van der Waals surface area contributed by atoms with E-state index in [2.05, 4.69) is 11.8 Å². The molecule has 5 aliphatic rings. The van der Waals surface area contributed by atoms with E-state index >= 15 is 0 Å². The number of phenols is 1. The van der Waals surface area contributed by atoms with E-state index in [1.165, 1.54) is 6.07 Å². The molecule has 7 rings (SSSR count). The van der Waals surface area contributed by atoms with E-state index in [1.807, 2.05) is 18.2 Å². The van der Waals surface area contributed by atoms with Crippen LogP contribution in [0.1, 0.15) is 49.3 Å². The number of ether oxygens (including phenoxy) is 2. The quantitative estimate of drug-likeness (QED) is 0.389. The lowest BCUT2D eigenvalue weighted by Gasteiger charge is -2.41. The summed E-state index contributed by atoms with van der Waals surface area (Å²) >= 11 is 0. The number of allylic oxidation sites excluding steroid dienone is 2. The largest absolute Gasteiger partial charge is 0.511 e. The molecular formula is C33H34N2O8. The fourth-order valence-electron chi connectivity index (χ4n) is 7.72. The number of amides is 1. The van der Waals surface area contributed by atoms with E-state index in [0.29, 0.717) is 42.4 Å². The first kappa shape index (κ1) is 27.5. The molecule has 2 aromatic carbocycles. The van der Waals surface area contributed by atoms with Crippen LogP contribution in [0.2, 0.25) is 0 Å². The van der Waals surface area contributed by atoms with Crippen LogP contribution < -0.4 is 15.2 Å². The molecule has 1 saturated heterocycles. The number of phenolic OH excluding ortho intramolecular Hbond substituents is 1. The molecule has 3 aliphatic carbocycles. The van der Waals surface area contributed by atoms with Crippen LogP contribution in [-0.4, -0.2) is 57.6 Å². The van der Waals surface area contributed by atoms with Crippen molar-refractivity contribution in [1.29, 1.82) is 0 Å². The number of aliphatic hydroxyl groups is 2. The molecule has 43 heavy (non-hydrogen) atoms. The number of aromatic hydroxyl groups is 1. The van der Waals surface area contributed by atoms with Crippen LogP contribution in [0, 0.1) is 23.7 Å². The third-order valence-corrected chi connectivity index (χ3v) is 9.93. The molecule has 5 N–H and O–H groups in total. The SMILES string of the molecule is CC1CCN(Cc2cc3c(cc2-c2ccc(O)c4c2CC2CC5CC(=O)C(C(N)=O)=C(O)C5C(=O)C2=C4O)OCO3)CC1. The summed E-state index contributed by atoms with van der Waals surface area (Å²) in [6, 6.07) is 7.30. The molecule has 224 valence electrons. The van der Waals surface area contributed by atoms with Gasteiger partial charge in [-0.3, -0.25) is 19.3 Å². The topological polar surface area (TPSA) is 160 Å². The summed E-state index contributed by atoms with van der Waals surface area (Å²) in [5.74, 6) is -3.49. The molecule has 3 atom stereocenters. The summed E-state index contributed by atoms with van der Waals surface area (Å²) < 4.78 is 11.4. The molecular weight excluding hydrogens is 552 g/mol. The van der Waals surface area contributed by atoms with Gasteiger partial charge in [0.05, 0.1) is 11.5 Å². The lowest BCUT2D eigenvalue weighted by Crippen LogP contribution is -2.44. The number of aliphatic hydroxyl groups excluding tert-OH is 2.